The minimum Gasteiger partial charge on any atom is -0.364 e. The second kappa shape index (κ2) is 5.61. The Balaban J connectivity index is 1.90. The molecule has 0 atom stereocenters. The highest BCUT2D eigenvalue weighted by molar-refractivity contribution is 6.31. The first-order chi connectivity index (χ1) is 10.6. The molecule has 0 unspecified atom stereocenters. The normalized spacial score (nSPS) is 10.8. The maximum atomic E-state index is 10.8. The van der Waals surface area contributed by atoms with Gasteiger partial charge in [0, 0.05) is 36.9 Å². The molecule has 1 N–H and O–H groups in total. The first-order valence-corrected chi connectivity index (χ1v) is 6.87. The van der Waals surface area contributed by atoms with Crippen molar-refractivity contribution < 1.29 is 4.92 Å². The van der Waals surface area contributed by atoms with E-state index in [1.54, 1.807) is 12.5 Å². The number of non-ortho nitro benzene ring substituents is 1. The number of nitro groups is 1. The van der Waals surface area contributed by atoms with Gasteiger partial charge >= 0.3 is 0 Å². The van der Waals surface area contributed by atoms with Gasteiger partial charge in [0.15, 0.2) is 5.82 Å². The average Bonchev–Trinajstić information content (AvgIpc) is 2.88. The number of hydrogen-bond acceptors (Lipinski definition) is 5. The number of nitro benzene ring substituents is 1. The lowest BCUT2D eigenvalue weighted by molar-refractivity contribution is -0.384. The summed E-state index contributed by atoms with van der Waals surface area (Å²) in [5.41, 5.74) is 2.33. The van der Waals surface area contributed by atoms with Crippen molar-refractivity contribution in [3.8, 4) is 0 Å². The van der Waals surface area contributed by atoms with Crippen LogP contribution in [0.25, 0.3) is 11.0 Å². The van der Waals surface area contributed by atoms with E-state index in [0.29, 0.717) is 22.9 Å². The Morgan fingerprint density at radius 3 is 2.95 bits per heavy atom. The number of halogens is 1. The molecule has 0 amide bonds. The lowest BCUT2D eigenvalue weighted by atomic mass is 10.2. The second-order valence-electron chi connectivity index (χ2n) is 4.77. The zero-order valence-corrected chi connectivity index (χ0v) is 12.4. The van der Waals surface area contributed by atoms with Crippen molar-refractivity contribution in [2.75, 3.05) is 5.32 Å². The molecular weight excluding hydrogens is 306 g/mol. The zero-order chi connectivity index (χ0) is 15.7. The van der Waals surface area contributed by atoms with Crippen molar-refractivity contribution >= 4 is 34.1 Å². The fourth-order valence-corrected chi connectivity index (χ4v) is 2.41. The largest absolute Gasteiger partial charge is 0.364 e. The van der Waals surface area contributed by atoms with E-state index in [1.807, 2.05) is 17.7 Å². The van der Waals surface area contributed by atoms with E-state index < -0.39 is 4.92 Å². The van der Waals surface area contributed by atoms with Crippen molar-refractivity contribution in [1.29, 1.82) is 0 Å². The maximum Gasteiger partial charge on any atom is 0.269 e. The van der Waals surface area contributed by atoms with Gasteiger partial charge in [-0.1, -0.05) is 11.6 Å². The summed E-state index contributed by atoms with van der Waals surface area (Å²) in [4.78, 5) is 18.9. The van der Waals surface area contributed by atoms with Crippen LogP contribution in [0.3, 0.4) is 0 Å². The van der Waals surface area contributed by atoms with Crippen LogP contribution in [0.15, 0.2) is 36.8 Å². The summed E-state index contributed by atoms with van der Waals surface area (Å²) in [6.45, 7) is 0.331. The van der Waals surface area contributed by atoms with Gasteiger partial charge in [-0.2, -0.15) is 0 Å². The van der Waals surface area contributed by atoms with Crippen molar-refractivity contribution in [1.82, 2.24) is 14.5 Å². The summed E-state index contributed by atoms with van der Waals surface area (Å²) in [6, 6.07) is 6.18. The lowest BCUT2D eigenvalue weighted by Gasteiger charge is -2.09. The Morgan fingerprint density at radius 1 is 1.36 bits per heavy atom. The van der Waals surface area contributed by atoms with E-state index in [0.717, 1.165) is 11.0 Å². The van der Waals surface area contributed by atoms with Crippen molar-refractivity contribution in [2.45, 2.75) is 6.54 Å². The van der Waals surface area contributed by atoms with Crippen molar-refractivity contribution in [3.63, 3.8) is 0 Å². The Bertz CT molecular complexity index is 862. The molecule has 2 aromatic heterocycles. The van der Waals surface area contributed by atoms with E-state index >= 15 is 0 Å². The quantitative estimate of drug-likeness (QED) is 0.590. The molecule has 0 spiro atoms. The van der Waals surface area contributed by atoms with Crippen LogP contribution in [0.2, 0.25) is 5.02 Å². The number of pyridine rings is 1. The summed E-state index contributed by atoms with van der Waals surface area (Å²) in [6.07, 6.45) is 3.37. The highest BCUT2D eigenvalue weighted by Gasteiger charge is 2.11. The van der Waals surface area contributed by atoms with Gasteiger partial charge in [0.2, 0.25) is 0 Å². The molecule has 2 heterocycles. The Hall–Kier alpha value is -2.67. The molecule has 112 valence electrons. The Labute approximate surface area is 130 Å². The molecule has 3 aromatic rings. The third kappa shape index (κ3) is 2.58. The third-order valence-electron chi connectivity index (χ3n) is 3.31. The molecule has 0 aliphatic rings. The topological polar surface area (TPSA) is 85.9 Å². The molecular formula is C14H12ClN5O2. The predicted octanol–water partition coefficient (Wildman–Crippen LogP) is 3.14. The minimum atomic E-state index is -0.445. The van der Waals surface area contributed by atoms with E-state index in [4.69, 9.17) is 11.6 Å². The SMILES string of the molecule is Cn1cnc2ccnc(NCc3cc([N+](=O)[O-])ccc3Cl)c21. The fraction of sp³-hybridized carbons (Fsp3) is 0.143. The molecule has 8 heteroatoms. The molecule has 7 nitrogen and oxygen atoms in total. The predicted molar refractivity (Wildman–Crippen MR) is 83.9 cm³/mol. The summed E-state index contributed by atoms with van der Waals surface area (Å²) < 4.78 is 1.86. The van der Waals surface area contributed by atoms with E-state index in [9.17, 15) is 10.1 Å². The van der Waals surface area contributed by atoms with E-state index in [1.165, 1.54) is 18.2 Å². The Kier molecular flexibility index (Phi) is 3.64. The van der Waals surface area contributed by atoms with Gasteiger partial charge in [-0.15, -0.1) is 0 Å². The van der Waals surface area contributed by atoms with E-state index in [-0.39, 0.29) is 5.69 Å². The molecule has 0 fully saturated rings. The van der Waals surface area contributed by atoms with Crippen LogP contribution < -0.4 is 5.32 Å². The summed E-state index contributed by atoms with van der Waals surface area (Å²) in [5, 5.41) is 14.5. The molecule has 0 bridgehead atoms. The van der Waals surface area contributed by atoms with Gasteiger partial charge in [-0.05, 0) is 17.7 Å². The minimum absolute atomic E-state index is 0.00732. The smallest absolute Gasteiger partial charge is 0.269 e. The number of benzene rings is 1. The molecule has 0 saturated heterocycles. The standard InChI is InChI=1S/C14H12ClN5O2/c1-19-8-18-12-4-5-16-14(13(12)19)17-7-9-6-10(20(21)22)2-3-11(9)15/h2-6,8H,7H2,1H3,(H,16,17). The molecule has 1 aromatic carbocycles. The lowest BCUT2D eigenvalue weighted by Crippen LogP contribution is -2.04. The number of hydrogen-bond donors (Lipinski definition) is 1. The van der Waals surface area contributed by atoms with Gasteiger partial charge in [-0.3, -0.25) is 10.1 Å². The number of anilines is 1. The Morgan fingerprint density at radius 2 is 2.18 bits per heavy atom. The highest BCUT2D eigenvalue weighted by Crippen LogP contribution is 2.24. The zero-order valence-electron chi connectivity index (χ0n) is 11.7. The van der Waals surface area contributed by atoms with Crippen LogP contribution in [0.4, 0.5) is 11.5 Å². The number of nitrogens with zero attached hydrogens (tertiary/aromatic N) is 4. The van der Waals surface area contributed by atoms with Crippen LogP contribution >= 0.6 is 11.6 Å². The van der Waals surface area contributed by atoms with Crippen LogP contribution in [0, 0.1) is 10.1 Å². The molecule has 0 aliphatic carbocycles. The maximum absolute atomic E-state index is 10.8. The summed E-state index contributed by atoms with van der Waals surface area (Å²) in [7, 11) is 1.88. The number of fused-ring (bicyclic) bond motifs is 1. The molecule has 3 rings (SSSR count). The number of aromatic nitrogens is 3. The van der Waals surface area contributed by atoms with Crippen molar-refractivity contribution in [3.05, 3.63) is 57.5 Å². The molecule has 22 heavy (non-hydrogen) atoms. The first kappa shape index (κ1) is 14.3. The van der Waals surface area contributed by atoms with E-state index in [2.05, 4.69) is 15.3 Å². The fourth-order valence-electron chi connectivity index (χ4n) is 2.22. The van der Waals surface area contributed by atoms with Gasteiger partial charge in [0.1, 0.15) is 5.52 Å². The van der Waals surface area contributed by atoms with Crippen LogP contribution in [-0.4, -0.2) is 19.5 Å². The van der Waals surface area contributed by atoms with Gasteiger partial charge in [-0.25, -0.2) is 9.97 Å². The van der Waals surface area contributed by atoms with Crippen LogP contribution in [-0.2, 0) is 13.6 Å². The third-order valence-corrected chi connectivity index (χ3v) is 3.68. The van der Waals surface area contributed by atoms with Crippen LogP contribution in [0.1, 0.15) is 5.56 Å². The van der Waals surface area contributed by atoms with Gasteiger partial charge in [0.25, 0.3) is 5.69 Å². The van der Waals surface area contributed by atoms with Gasteiger partial charge < -0.3 is 9.88 Å². The molecule has 0 radical (unpaired) electrons. The first-order valence-electron chi connectivity index (χ1n) is 6.49. The van der Waals surface area contributed by atoms with Gasteiger partial charge in [0.05, 0.1) is 16.8 Å². The molecule has 0 saturated carbocycles. The number of rotatable bonds is 4. The average molecular weight is 318 g/mol. The number of aryl methyl sites for hydroxylation is 1. The summed E-state index contributed by atoms with van der Waals surface area (Å²) in [5.74, 6) is 0.653. The second-order valence-corrected chi connectivity index (χ2v) is 5.18. The monoisotopic (exact) mass is 317 g/mol. The molecule has 0 aliphatic heterocycles. The highest BCUT2D eigenvalue weighted by atomic mass is 35.5. The number of nitrogens with one attached hydrogen (secondary N) is 1. The van der Waals surface area contributed by atoms with Crippen LogP contribution in [0.5, 0.6) is 0 Å². The summed E-state index contributed by atoms with van der Waals surface area (Å²) >= 11 is 6.09. The van der Waals surface area contributed by atoms with Crippen molar-refractivity contribution in [2.24, 2.45) is 7.05 Å². The number of imidazole rings is 1.